The predicted molar refractivity (Wildman–Crippen MR) is 108 cm³/mol. The molecule has 0 saturated carbocycles. The van der Waals surface area contributed by atoms with E-state index in [1.165, 1.54) is 0 Å². The highest BCUT2D eigenvalue weighted by Gasteiger charge is 2.13. The first-order valence-electron chi connectivity index (χ1n) is 8.65. The number of methoxy groups -OCH3 is 1. The van der Waals surface area contributed by atoms with Gasteiger partial charge in [0, 0.05) is 18.3 Å². The number of amides is 1. The van der Waals surface area contributed by atoms with E-state index in [0.29, 0.717) is 28.5 Å². The SMILES string of the molecule is COc1ccc(CNC(=O)c2ccc(Cl)c(-n3cnc4cccnc43)c2)cc1. The number of nitrogens with zero attached hydrogens (tertiary/aromatic N) is 3. The second kappa shape index (κ2) is 7.70. The number of carbonyl (C=O) groups is 1. The van der Waals surface area contributed by atoms with Crippen LogP contribution in [0.25, 0.3) is 16.9 Å². The highest BCUT2D eigenvalue weighted by Crippen LogP contribution is 2.25. The van der Waals surface area contributed by atoms with Crippen molar-refractivity contribution in [2.45, 2.75) is 6.54 Å². The van der Waals surface area contributed by atoms with Crippen molar-refractivity contribution in [3.05, 3.63) is 83.3 Å². The van der Waals surface area contributed by atoms with Crippen molar-refractivity contribution in [1.82, 2.24) is 19.9 Å². The Kier molecular flexibility index (Phi) is 4.95. The van der Waals surface area contributed by atoms with E-state index in [-0.39, 0.29) is 5.91 Å². The van der Waals surface area contributed by atoms with E-state index >= 15 is 0 Å². The molecule has 4 rings (SSSR count). The van der Waals surface area contributed by atoms with E-state index in [9.17, 15) is 4.79 Å². The van der Waals surface area contributed by atoms with E-state index in [1.54, 1.807) is 42.4 Å². The minimum absolute atomic E-state index is 0.189. The number of pyridine rings is 1. The van der Waals surface area contributed by atoms with Crippen LogP contribution in [0.15, 0.2) is 67.1 Å². The van der Waals surface area contributed by atoms with Crippen LogP contribution in [0.3, 0.4) is 0 Å². The summed E-state index contributed by atoms with van der Waals surface area (Å²) in [4.78, 5) is 21.3. The van der Waals surface area contributed by atoms with Gasteiger partial charge in [-0.05, 0) is 48.0 Å². The van der Waals surface area contributed by atoms with E-state index in [4.69, 9.17) is 16.3 Å². The van der Waals surface area contributed by atoms with Gasteiger partial charge < -0.3 is 10.1 Å². The minimum atomic E-state index is -0.189. The maximum atomic E-state index is 12.6. The molecule has 0 aliphatic carbocycles. The molecule has 7 heteroatoms. The number of halogens is 1. The molecule has 1 amide bonds. The number of rotatable bonds is 5. The second-order valence-corrected chi connectivity index (χ2v) is 6.56. The van der Waals surface area contributed by atoms with Gasteiger partial charge in [0.2, 0.25) is 0 Å². The van der Waals surface area contributed by atoms with Crippen molar-refractivity contribution in [2.24, 2.45) is 0 Å². The summed E-state index contributed by atoms with van der Waals surface area (Å²) in [6.07, 6.45) is 3.34. The lowest BCUT2D eigenvalue weighted by Crippen LogP contribution is -2.22. The van der Waals surface area contributed by atoms with Crippen molar-refractivity contribution < 1.29 is 9.53 Å². The van der Waals surface area contributed by atoms with Crippen LogP contribution in [0, 0.1) is 0 Å². The zero-order chi connectivity index (χ0) is 19.5. The molecule has 0 unspecified atom stereocenters. The highest BCUT2D eigenvalue weighted by atomic mass is 35.5. The fraction of sp³-hybridized carbons (Fsp3) is 0.0952. The molecule has 2 heterocycles. The van der Waals surface area contributed by atoms with Crippen LogP contribution < -0.4 is 10.1 Å². The van der Waals surface area contributed by atoms with Crippen LogP contribution in [-0.2, 0) is 6.54 Å². The van der Waals surface area contributed by atoms with E-state index < -0.39 is 0 Å². The van der Waals surface area contributed by atoms with Crippen LogP contribution in [0.5, 0.6) is 5.75 Å². The molecule has 6 nitrogen and oxygen atoms in total. The van der Waals surface area contributed by atoms with Crippen LogP contribution in [0.2, 0.25) is 5.02 Å². The summed E-state index contributed by atoms with van der Waals surface area (Å²) in [6.45, 7) is 0.413. The van der Waals surface area contributed by atoms with Gasteiger partial charge in [-0.15, -0.1) is 0 Å². The van der Waals surface area contributed by atoms with E-state index in [0.717, 1.165) is 16.8 Å². The Morgan fingerprint density at radius 1 is 1.14 bits per heavy atom. The van der Waals surface area contributed by atoms with Gasteiger partial charge in [0.05, 0.1) is 17.8 Å². The molecule has 0 atom stereocenters. The van der Waals surface area contributed by atoms with E-state index in [2.05, 4.69) is 15.3 Å². The Bertz CT molecular complexity index is 1140. The third-order valence-corrected chi connectivity index (χ3v) is 4.71. The summed E-state index contributed by atoms with van der Waals surface area (Å²) in [5.41, 5.74) is 3.58. The predicted octanol–water partition coefficient (Wildman–Crippen LogP) is 4.01. The van der Waals surface area contributed by atoms with Gasteiger partial charge in [-0.3, -0.25) is 9.36 Å². The van der Waals surface area contributed by atoms with Crippen LogP contribution >= 0.6 is 11.6 Å². The Hall–Kier alpha value is -3.38. The van der Waals surface area contributed by atoms with Crippen molar-refractivity contribution in [3.63, 3.8) is 0 Å². The normalized spacial score (nSPS) is 10.8. The number of benzene rings is 2. The number of carbonyl (C=O) groups excluding carboxylic acids is 1. The van der Waals surface area contributed by atoms with Gasteiger partial charge in [-0.1, -0.05) is 23.7 Å². The molecule has 0 saturated heterocycles. The Morgan fingerprint density at radius 3 is 2.75 bits per heavy atom. The van der Waals surface area contributed by atoms with E-state index in [1.807, 2.05) is 36.4 Å². The lowest BCUT2D eigenvalue weighted by atomic mass is 10.1. The molecular formula is C21H17ClN4O2. The number of ether oxygens (including phenoxy) is 1. The lowest BCUT2D eigenvalue weighted by molar-refractivity contribution is 0.0951. The molecule has 140 valence electrons. The number of imidazole rings is 1. The average molecular weight is 393 g/mol. The molecule has 2 aromatic heterocycles. The van der Waals surface area contributed by atoms with Gasteiger partial charge in [0.15, 0.2) is 5.65 Å². The molecule has 1 N–H and O–H groups in total. The fourth-order valence-corrected chi connectivity index (χ4v) is 3.10. The number of aromatic nitrogens is 3. The Balaban J connectivity index is 1.56. The molecule has 0 spiro atoms. The summed E-state index contributed by atoms with van der Waals surface area (Å²) in [5, 5.41) is 3.43. The van der Waals surface area contributed by atoms with Gasteiger partial charge >= 0.3 is 0 Å². The average Bonchev–Trinajstić information content (AvgIpc) is 3.16. The van der Waals surface area contributed by atoms with Gasteiger partial charge in [0.25, 0.3) is 5.91 Å². The Labute approximate surface area is 166 Å². The fourth-order valence-electron chi connectivity index (χ4n) is 2.89. The molecule has 0 aliphatic heterocycles. The first-order chi connectivity index (χ1) is 13.7. The van der Waals surface area contributed by atoms with Gasteiger partial charge in [-0.2, -0.15) is 0 Å². The van der Waals surface area contributed by atoms with Crippen molar-refractivity contribution >= 4 is 28.7 Å². The maximum Gasteiger partial charge on any atom is 0.251 e. The molecular weight excluding hydrogens is 376 g/mol. The number of nitrogens with one attached hydrogen (secondary N) is 1. The van der Waals surface area contributed by atoms with Crippen LogP contribution in [-0.4, -0.2) is 27.6 Å². The molecule has 4 aromatic rings. The maximum absolute atomic E-state index is 12.6. The zero-order valence-electron chi connectivity index (χ0n) is 15.1. The highest BCUT2D eigenvalue weighted by molar-refractivity contribution is 6.32. The molecule has 28 heavy (non-hydrogen) atoms. The lowest BCUT2D eigenvalue weighted by Gasteiger charge is -2.10. The minimum Gasteiger partial charge on any atom is -0.497 e. The quantitative estimate of drug-likeness (QED) is 0.557. The summed E-state index contributed by atoms with van der Waals surface area (Å²) in [6, 6.07) is 16.4. The molecule has 0 fully saturated rings. The summed E-state index contributed by atoms with van der Waals surface area (Å²) in [7, 11) is 1.62. The summed E-state index contributed by atoms with van der Waals surface area (Å²) < 4.78 is 6.92. The van der Waals surface area contributed by atoms with Crippen molar-refractivity contribution in [1.29, 1.82) is 0 Å². The molecule has 0 bridgehead atoms. The van der Waals surface area contributed by atoms with Crippen molar-refractivity contribution in [3.8, 4) is 11.4 Å². The standard InChI is InChI=1S/C21H17ClN4O2/c1-28-16-7-4-14(5-8-16)12-24-21(27)15-6-9-17(22)19(11-15)26-13-25-18-3-2-10-23-20(18)26/h2-11,13H,12H2,1H3,(H,24,27). The largest absolute Gasteiger partial charge is 0.497 e. The number of hydrogen-bond acceptors (Lipinski definition) is 4. The topological polar surface area (TPSA) is 69.0 Å². The van der Waals surface area contributed by atoms with Crippen LogP contribution in [0.4, 0.5) is 0 Å². The summed E-state index contributed by atoms with van der Waals surface area (Å²) >= 11 is 6.37. The molecule has 2 aromatic carbocycles. The third kappa shape index (κ3) is 3.54. The number of hydrogen-bond donors (Lipinski definition) is 1. The Morgan fingerprint density at radius 2 is 1.96 bits per heavy atom. The first kappa shape index (κ1) is 18.0. The smallest absolute Gasteiger partial charge is 0.251 e. The first-order valence-corrected chi connectivity index (χ1v) is 9.02. The second-order valence-electron chi connectivity index (χ2n) is 6.16. The van der Waals surface area contributed by atoms with Crippen LogP contribution in [0.1, 0.15) is 15.9 Å². The third-order valence-electron chi connectivity index (χ3n) is 4.39. The van der Waals surface area contributed by atoms with Gasteiger partial charge in [-0.25, -0.2) is 9.97 Å². The number of fused-ring (bicyclic) bond motifs is 1. The van der Waals surface area contributed by atoms with Crippen molar-refractivity contribution in [2.75, 3.05) is 7.11 Å². The monoisotopic (exact) mass is 392 g/mol. The van der Waals surface area contributed by atoms with Gasteiger partial charge in [0.1, 0.15) is 17.6 Å². The molecule has 0 radical (unpaired) electrons. The zero-order valence-corrected chi connectivity index (χ0v) is 15.8. The molecule has 0 aliphatic rings. The summed E-state index contributed by atoms with van der Waals surface area (Å²) in [5.74, 6) is 0.588.